The molecule has 4 nitrogen and oxygen atoms in total. The van der Waals surface area contributed by atoms with Gasteiger partial charge in [-0.1, -0.05) is 13.8 Å². The molecule has 0 N–H and O–H groups in total. The van der Waals surface area contributed by atoms with Gasteiger partial charge in [0.1, 0.15) is 5.82 Å². The summed E-state index contributed by atoms with van der Waals surface area (Å²) in [6, 6.07) is 4.15. The van der Waals surface area contributed by atoms with E-state index in [4.69, 9.17) is 10.00 Å². The van der Waals surface area contributed by atoms with Gasteiger partial charge in [-0.15, -0.1) is 0 Å². The highest BCUT2D eigenvalue weighted by atomic mass is 16.5. The molecule has 2 rings (SSSR count). The van der Waals surface area contributed by atoms with Crippen LogP contribution in [0.4, 0.5) is 5.82 Å². The third-order valence-corrected chi connectivity index (χ3v) is 3.00. The van der Waals surface area contributed by atoms with Crippen molar-refractivity contribution in [1.29, 1.82) is 5.26 Å². The van der Waals surface area contributed by atoms with Crippen molar-refractivity contribution in [3.05, 3.63) is 23.4 Å². The van der Waals surface area contributed by atoms with E-state index in [-0.39, 0.29) is 0 Å². The van der Waals surface area contributed by atoms with E-state index in [0.29, 0.717) is 5.92 Å². The fraction of sp³-hybridized carbons (Fsp3) is 0.538. The number of hydrogen-bond donors (Lipinski definition) is 0. The standard InChI is InChI=1S/C13H17N3O/c1-10(2)12-9-15-13(7-11(12)8-14)16-3-5-17-6-4-16/h7,9-10H,3-6H2,1-2H3. The van der Waals surface area contributed by atoms with Gasteiger partial charge in [-0.2, -0.15) is 5.26 Å². The van der Waals surface area contributed by atoms with E-state index in [9.17, 15) is 0 Å². The maximum Gasteiger partial charge on any atom is 0.129 e. The number of rotatable bonds is 2. The highest BCUT2D eigenvalue weighted by molar-refractivity contribution is 5.49. The minimum atomic E-state index is 0.330. The maximum absolute atomic E-state index is 9.17. The van der Waals surface area contributed by atoms with Crippen LogP contribution in [0, 0.1) is 11.3 Å². The van der Waals surface area contributed by atoms with Crippen LogP contribution in [0.1, 0.15) is 30.9 Å². The van der Waals surface area contributed by atoms with Crippen molar-refractivity contribution in [2.24, 2.45) is 0 Å². The van der Waals surface area contributed by atoms with Gasteiger partial charge in [0, 0.05) is 19.3 Å². The number of nitrogens with zero attached hydrogens (tertiary/aromatic N) is 3. The molecule has 90 valence electrons. The molecule has 0 spiro atoms. The second kappa shape index (κ2) is 5.15. The minimum absolute atomic E-state index is 0.330. The Morgan fingerprint density at radius 1 is 1.41 bits per heavy atom. The normalized spacial score (nSPS) is 16.0. The van der Waals surface area contributed by atoms with Crippen molar-refractivity contribution in [3.63, 3.8) is 0 Å². The number of ether oxygens (including phenoxy) is 1. The third kappa shape index (κ3) is 2.56. The Morgan fingerprint density at radius 2 is 2.12 bits per heavy atom. The second-order valence-corrected chi connectivity index (χ2v) is 4.50. The molecule has 2 heterocycles. The summed E-state index contributed by atoms with van der Waals surface area (Å²) in [5, 5.41) is 9.17. The minimum Gasteiger partial charge on any atom is -0.378 e. The average molecular weight is 231 g/mol. The largest absolute Gasteiger partial charge is 0.378 e. The number of pyridine rings is 1. The smallest absolute Gasteiger partial charge is 0.129 e. The van der Waals surface area contributed by atoms with E-state index in [2.05, 4.69) is 29.8 Å². The number of hydrogen-bond acceptors (Lipinski definition) is 4. The number of aromatic nitrogens is 1. The SMILES string of the molecule is CC(C)c1cnc(N2CCOCC2)cc1C#N. The summed E-state index contributed by atoms with van der Waals surface area (Å²) < 4.78 is 5.31. The predicted octanol–water partition coefficient (Wildman–Crippen LogP) is 1.91. The molecular formula is C13H17N3O. The molecule has 0 amide bonds. The Balaban J connectivity index is 2.28. The average Bonchev–Trinajstić information content (AvgIpc) is 2.39. The van der Waals surface area contributed by atoms with Gasteiger partial charge in [0.25, 0.3) is 0 Å². The molecule has 0 atom stereocenters. The second-order valence-electron chi connectivity index (χ2n) is 4.50. The molecule has 1 fully saturated rings. The third-order valence-electron chi connectivity index (χ3n) is 3.00. The van der Waals surface area contributed by atoms with Crippen molar-refractivity contribution >= 4 is 5.82 Å². The predicted molar refractivity (Wildman–Crippen MR) is 66.1 cm³/mol. The van der Waals surface area contributed by atoms with Crippen molar-refractivity contribution in [2.75, 3.05) is 31.2 Å². The Bertz CT molecular complexity index is 431. The number of anilines is 1. The van der Waals surface area contributed by atoms with Crippen LogP contribution in [-0.2, 0) is 4.74 Å². The molecule has 0 aliphatic carbocycles. The fourth-order valence-corrected chi connectivity index (χ4v) is 1.98. The zero-order valence-corrected chi connectivity index (χ0v) is 10.3. The molecule has 17 heavy (non-hydrogen) atoms. The van der Waals surface area contributed by atoms with E-state index in [0.717, 1.165) is 43.2 Å². The van der Waals surface area contributed by atoms with Crippen LogP contribution in [0.25, 0.3) is 0 Å². The molecule has 4 heteroatoms. The molecule has 1 aromatic rings. The first kappa shape index (κ1) is 11.9. The quantitative estimate of drug-likeness (QED) is 0.780. The maximum atomic E-state index is 9.17. The number of morpholine rings is 1. The lowest BCUT2D eigenvalue weighted by atomic mass is 10.0. The van der Waals surface area contributed by atoms with Gasteiger partial charge in [-0.05, 0) is 17.5 Å². The summed E-state index contributed by atoms with van der Waals surface area (Å²) in [5.74, 6) is 1.21. The highest BCUT2D eigenvalue weighted by Gasteiger charge is 2.15. The molecule has 1 aliphatic heterocycles. The van der Waals surface area contributed by atoms with Crippen LogP contribution in [-0.4, -0.2) is 31.3 Å². The van der Waals surface area contributed by atoms with Crippen LogP contribution in [0.2, 0.25) is 0 Å². The fourth-order valence-electron chi connectivity index (χ4n) is 1.98. The molecule has 0 saturated carbocycles. The van der Waals surface area contributed by atoms with Crippen LogP contribution in [0.15, 0.2) is 12.3 Å². The van der Waals surface area contributed by atoms with Crippen molar-refractivity contribution in [2.45, 2.75) is 19.8 Å². The Kier molecular flexibility index (Phi) is 3.60. The zero-order valence-electron chi connectivity index (χ0n) is 10.3. The van der Waals surface area contributed by atoms with E-state index in [1.54, 1.807) is 0 Å². The van der Waals surface area contributed by atoms with Gasteiger partial charge >= 0.3 is 0 Å². The van der Waals surface area contributed by atoms with E-state index >= 15 is 0 Å². The molecule has 0 bridgehead atoms. The topological polar surface area (TPSA) is 49.2 Å². The number of nitriles is 1. The summed E-state index contributed by atoms with van der Waals surface area (Å²) in [4.78, 5) is 6.61. The van der Waals surface area contributed by atoms with E-state index < -0.39 is 0 Å². The summed E-state index contributed by atoms with van der Waals surface area (Å²) >= 11 is 0. The van der Waals surface area contributed by atoms with Crippen LogP contribution < -0.4 is 4.90 Å². The molecule has 0 radical (unpaired) electrons. The van der Waals surface area contributed by atoms with Gasteiger partial charge < -0.3 is 9.64 Å². The molecule has 0 unspecified atom stereocenters. The molecular weight excluding hydrogens is 214 g/mol. The first-order valence-electron chi connectivity index (χ1n) is 5.95. The summed E-state index contributed by atoms with van der Waals surface area (Å²) in [6.45, 7) is 7.31. The Hall–Kier alpha value is -1.60. The van der Waals surface area contributed by atoms with Gasteiger partial charge in [-0.3, -0.25) is 0 Å². The molecule has 1 saturated heterocycles. The summed E-state index contributed by atoms with van der Waals surface area (Å²) in [6.07, 6.45) is 1.83. The summed E-state index contributed by atoms with van der Waals surface area (Å²) in [7, 11) is 0. The van der Waals surface area contributed by atoms with E-state index in [1.165, 1.54) is 0 Å². The summed E-state index contributed by atoms with van der Waals surface area (Å²) in [5.41, 5.74) is 1.75. The van der Waals surface area contributed by atoms with Gasteiger partial charge in [0.05, 0.1) is 24.8 Å². The zero-order chi connectivity index (χ0) is 12.3. The van der Waals surface area contributed by atoms with Gasteiger partial charge in [0.15, 0.2) is 0 Å². The Labute approximate surface area is 102 Å². The van der Waals surface area contributed by atoms with Gasteiger partial charge in [-0.25, -0.2) is 4.98 Å². The van der Waals surface area contributed by atoms with Crippen LogP contribution in [0.3, 0.4) is 0 Å². The van der Waals surface area contributed by atoms with Crippen LogP contribution in [0.5, 0.6) is 0 Å². The molecule has 1 aromatic heterocycles. The monoisotopic (exact) mass is 231 g/mol. The van der Waals surface area contributed by atoms with Crippen LogP contribution >= 0.6 is 0 Å². The van der Waals surface area contributed by atoms with Crippen molar-refractivity contribution in [3.8, 4) is 6.07 Å². The molecule has 0 aromatic carbocycles. The first-order valence-corrected chi connectivity index (χ1v) is 5.95. The van der Waals surface area contributed by atoms with Gasteiger partial charge in [0.2, 0.25) is 0 Å². The lowest BCUT2D eigenvalue weighted by Gasteiger charge is -2.28. The lowest BCUT2D eigenvalue weighted by Crippen LogP contribution is -2.36. The van der Waals surface area contributed by atoms with E-state index in [1.807, 2.05) is 12.3 Å². The van der Waals surface area contributed by atoms with Crippen molar-refractivity contribution < 1.29 is 4.74 Å². The highest BCUT2D eigenvalue weighted by Crippen LogP contribution is 2.22. The first-order chi connectivity index (χ1) is 8.22. The van der Waals surface area contributed by atoms with Crippen molar-refractivity contribution in [1.82, 2.24) is 4.98 Å². The molecule has 1 aliphatic rings. The Morgan fingerprint density at radius 3 is 2.71 bits per heavy atom. The lowest BCUT2D eigenvalue weighted by molar-refractivity contribution is 0.122.